The molecule has 2 aromatic carbocycles. The highest BCUT2D eigenvalue weighted by Crippen LogP contribution is 2.30. The van der Waals surface area contributed by atoms with Crippen LogP contribution in [0.1, 0.15) is 43.0 Å². The number of carbonyl (C=O) groups excluding carboxylic acids is 1. The van der Waals surface area contributed by atoms with Crippen LogP contribution < -0.4 is 10.5 Å². The average molecular weight is 516 g/mol. The normalized spacial score (nSPS) is 16.7. The van der Waals surface area contributed by atoms with E-state index in [4.69, 9.17) is 20.2 Å². The Morgan fingerprint density at radius 1 is 1.11 bits per heavy atom. The number of nitrogens with two attached hydrogens (primary N) is 1. The van der Waals surface area contributed by atoms with Crippen molar-refractivity contribution in [2.24, 2.45) is 5.73 Å². The quantitative estimate of drug-likeness (QED) is 0.317. The number of amides is 1. The first-order valence-electron chi connectivity index (χ1n) is 13.5. The Labute approximate surface area is 223 Å². The molecule has 1 aliphatic rings. The van der Waals surface area contributed by atoms with Crippen LogP contribution in [0.25, 0.3) is 21.9 Å². The number of ether oxygens (including phenoxy) is 2. The van der Waals surface area contributed by atoms with Gasteiger partial charge in [0.25, 0.3) is 0 Å². The van der Waals surface area contributed by atoms with Crippen molar-refractivity contribution in [3.05, 3.63) is 66.0 Å². The number of imidazole rings is 1. The van der Waals surface area contributed by atoms with Gasteiger partial charge >= 0.3 is 0 Å². The van der Waals surface area contributed by atoms with Crippen LogP contribution in [0.3, 0.4) is 0 Å². The van der Waals surface area contributed by atoms with Crippen molar-refractivity contribution in [3.63, 3.8) is 0 Å². The lowest BCUT2D eigenvalue weighted by Crippen LogP contribution is -2.42. The zero-order valence-corrected chi connectivity index (χ0v) is 22.3. The molecule has 5 rings (SSSR count). The van der Waals surface area contributed by atoms with Gasteiger partial charge in [-0.05, 0) is 48.1 Å². The van der Waals surface area contributed by atoms with Gasteiger partial charge in [-0.25, -0.2) is 4.98 Å². The number of nitrogens with zero attached hydrogens (tertiary/aromatic N) is 4. The van der Waals surface area contributed by atoms with E-state index >= 15 is 0 Å². The van der Waals surface area contributed by atoms with Crippen molar-refractivity contribution in [1.82, 2.24) is 19.4 Å². The molecule has 0 saturated carbocycles. The van der Waals surface area contributed by atoms with Crippen LogP contribution in [0.4, 0.5) is 0 Å². The summed E-state index contributed by atoms with van der Waals surface area (Å²) < 4.78 is 12.8. The van der Waals surface area contributed by atoms with Gasteiger partial charge in [0.15, 0.2) is 5.65 Å². The van der Waals surface area contributed by atoms with E-state index < -0.39 is 0 Å². The minimum atomic E-state index is -0.223. The fourth-order valence-corrected chi connectivity index (χ4v) is 5.52. The monoisotopic (exact) mass is 515 g/mol. The van der Waals surface area contributed by atoms with Crippen LogP contribution in [0.2, 0.25) is 0 Å². The van der Waals surface area contributed by atoms with Crippen LogP contribution >= 0.6 is 0 Å². The number of fused-ring (bicyclic) bond motifs is 2. The number of methoxy groups -OCH3 is 2. The smallest absolute Gasteiger partial charge is 0.224 e. The van der Waals surface area contributed by atoms with Crippen molar-refractivity contribution >= 4 is 27.8 Å². The van der Waals surface area contributed by atoms with Gasteiger partial charge in [-0.3, -0.25) is 4.79 Å². The summed E-state index contributed by atoms with van der Waals surface area (Å²) in [7, 11) is 3.33. The molecule has 1 saturated heterocycles. The molecule has 2 aromatic heterocycles. The number of aryl methyl sites for hydroxylation is 1. The van der Waals surface area contributed by atoms with E-state index in [0.717, 1.165) is 54.9 Å². The van der Waals surface area contributed by atoms with E-state index in [-0.39, 0.29) is 17.9 Å². The summed E-state index contributed by atoms with van der Waals surface area (Å²) in [6, 6.07) is 18.3. The number of likely N-dealkylation sites (tertiary alicyclic amines) is 1. The lowest BCUT2D eigenvalue weighted by molar-refractivity contribution is -0.132. The molecule has 200 valence electrons. The number of aromatic nitrogens is 3. The van der Waals surface area contributed by atoms with E-state index in [1.165, 1.54) is 10.8 Å². The largest absolute Gasteiger partial charge is 0.481 e. The Morgan fingerprint density at radius 3 is 2.76 bits per heavy atom. The number of piperidine rings is 1. The second kappa shape index (κ2) is 11.9. The van der Waals surface area contributed by atoms with Crippen molar-refractivity contribution in [3.8, 4) is 5.88 Å². The van der Waals surface area contributed by atoms with Crippen LogP contribution in [-0.4, -0.2) is 65.3 Å². The standard InChI is InChI=1S/C30H37N5O3/c1-37-16-6-15-35-29(32-26-12-13-27(38-2)33-30(26)35)24-9-5-14-34(20-24)28(36)19-25(31)18-21-10-11-22-7-3-4-8-23(22)17-21/h3-4,7-8,10-13,17,24-25H,5-6,9,14-16,18-20,31H2,1-2H3. The number of pyridine rings is 1. The summed E-state index contributed by atoms with van der Waals surface area (Å²) in [6.07, 6.45) is 3.79. The predicted octanol–water partition coefficient (Wildman–Crippen LogP) is 4.30. The lowest BCUT2D eigenvalue weighted by Gasteiger charge is -2.33. The topological polar surface area (TPSA) is 95.5 Å². The van der Waals surface area contributed by atoms with E-state index in [0.29, 0.717) is 31.9 Å². The zero-order valence-electron chi connectivity index (χ0n) is 22.3. The molecule has 2 atom stereocenters. The van der Waals surface area contributed by atoms with Crippen molar-refractivity contribution < 1.29 is 14.3 Å². The van der Waals surface area contributed by atoms with Crippen molar-refractivity contribution in [2.75, 3.05) is 33.9 Å². The molecule has 0 bridgehead atoms. The van der Waals surface area contributed by atoms with E-state index in [9.17, 15) is 4.79 Å². The predicted molar refractivity (Wildman–Crippen MR) is 149 cm³/mol. The molecular formula is C30H37N5O3. The van der Waals surface area contributed by atoms with Crippen LogP contribution in [0, 0.1) is 0 Å². The molecule has 1 amide bonds. The van der Waals surface area contributed by atoms with Gasteiger partial charge in [0.1, 0.15) is 11.3 Å². The van der Waals surface area contributed by atoms with Crippen molar-refractivity contribution in [1.29, 1.82) is 0 Å². The molecule has 8 heteroatoms. The van der Waals surface area contributed by atoms with E-state index in [2.05, 4.69) is 39.9 Å². The minimum absolute atomic E-state index is 0.116. The summed E-state index contributed by atoms with van der Waals surface area (Å²) >= 11 is 0. The zero-order chi connectivity index (χ0) is 26.5. The second-order valence-corrected chi connectivity index (χ2v) is 10.2. The molecule has 1 fully saturated rings. The number of benzene rings is 2. The van der Waals surface area contributed by atoms with Crippen LogP contribution in [0.15, 0.2) is 54.6 Å². The van der Waals surface area contributed by atoms with Gasteiger partial charge in [0, 0.05) is 57.8 Å². The van der Waals surface area contributed by atoms with E-state index in [1.54, 1.807) is 14.2 Å². The third kappa shape index (κ3) is 5.81. The summed E-state index contributed by atoms with van der Waals surface area (Å²) in [6.45, 7) is 2.81. The lowest BCUT2D eigenvalue weighted by atomic mass is 9.95. The fraction of sp³-hybridized carbons (Fsp3) is 0.433. The van der Waals surface area contributed by atoms with Gasteiger partial charge in [-0.2, -0.15) is 4.98 Å². The first kappa shape index (κ1) is 26.1. The SMILES string of the molecule is COCCCn1c(C2CCCN(C(=O)CC(N)Cc3ccc4ccccc4c3)C2)nc2ccc(OC)nc21. The molecule has 8 nitrogen and oxygen atoms in total. The number of hydrogen-bond acceptors (Lipinski definition) is 6. The molecule has 0 spiro atoms. The van der Waals surface area contributed by atoms with Crippen molar-refractivity contribution in [2.45, 2.75) is 50.6 Å². The highest BCUT2D eigenvalue weighted by Gasteiger charge is 2.29. The molecule has 2 N–H and O–H groups in total. The third-order valence-corrected chi connectivity index (χ3v) is 7.42. The minimum Gasteiger partial charge on any atom is -0.481 e. The first-order chi connectivity index (χ1) is 18.6. The van der Waals surface area contributed by atoms with Gasteiger partial charge < -0.3 is 24.7 Å². The molecular weight excluding hydrogens is 478 g/mol. The maximum atomic E-state index is 13.3. The van der Waals surface area contributed by atoms with Gasteiger partial charge in [-0.1, -0.05) is 42.5 Å². The third-order valence-electron chi connectivity index (χ3n) is 7.42. The molecule has 0 aliphatic carbocycles. The summed E-state index contributed by atoms with van der Waals surface area (Å²) in [4.78, 5) is 24.9. The number of hydrogen-bond donors (Lipinski definition) is 1. The molecule has 4 aromatic rings. The molecule has 2 unspecified atom stereocenters. The fourth-order valence-electron chi connectivity index (χ4n) is 5.52. The molecule has 1 aliphatic heterocycles. The van der Waals surface area contributed by atoms with Gasteiger partial charge in [0.2, 0.25) is 11.8 Å². The maximum absolute atomic E-state index is 13.3. The highest BCUT2D eigenvalue weighted by atomic mass is 16.5. The Hall–Kier alpha value is -3.49. The summed E-state index contributed by atoms with van der Waals surface area (Å²) in [5.41, 5.74) is 9.30. The highest BCUT2D eigenvalue weighted by molar-refractivity contribution is 5.83. The average Bonchev–Trinajstić information content (AvgIpc) is 3.30. The van der Waals surface area contributed by atoms with Gasteiger partial charge in [0.05, 0.1) is 7.11 Å². The molecule has 38 heavy (non-hydrogen) atoms. The maximum Gasteiger partial charge on any atom is 0.224 e. The van der Waals surface area contributed by atoms with Crippen LogP contribution in [-0.2, 0) is 22.5 Å². The Kier molecular flexibility index (Phi) is 8.20. The molecule has 0 radical (unpaired) electrons. The summed E-state index contributed by atoms with van der Waals surface area (Å²) in [5.74, 6) is 1.81. The summed E-state index contributed by atoms with van der Waals surface area (Å²) in [5, 5.41) is 2.41. The van der Waals surface area contributed by atoms with Crippen LogP contribution in [0.5, 0.6) is 5.88 Å². The Bertz CT molecular complexity index is 1400. The van der Waals surface area contributed by atoms with Gasteiger partial charge in [-0.15, -0.1) is 0 Å². The number of rotatable bonds is 10. The molecule has 3 heterocycles. The Balaban J connectivity index is 1.28. The second-order valence-electron chi connectivity index (χ2n) is 10.2. The van der Waals surface area contributed by atoms with E-state index in [1.807, 2.05) is 29.2 Å². The Morgan fingerprint density at radius 2 is 1.95 bits per heavy atom. The first-order valence-corrected chi connectivity index (χ1v) is 13.5. The number of carbonyl (C=O) groups is 1.